The van der Waals surface area contributed by atoms with Gasteiger partial charge in [-0.2, -0.15) is 0 Å². The molecule has 2 saturated carbocycles. The van der Waals surface area contributed by atoms with Crippen molar-refractivity contribution in [3.8, 4) is 0 Å². The van der Waals surface area contributed by atoms with Crippen LogP contribution < -0.4 is 0 Å². The van der Waals surface area contributed by atoms with Crippen LogP contribution in [0.15, 0.2) is 68.5 Å². The molecule has 5 rings (SSSR count). The maximum absolute atomic E-state index is 4.97. The van der Waals surface area contributed by atoms with Gasteiger partial charge in [0.1, 0.15) is 0 Å². The van der Waals surface area contributed by atoms with Crippen LogP contribution in [0.1, 0.15) is 73.6 Å². The van der Waals surface area contributed by atoms with Crippen molar-refractivity contribution in [1.82, 2.24) is 0 Å². The number of aliphatic imine (C=N–C) groups is 4. The molecule has 32 heavy (non-hydrogen) atoms. The maximum Gasteiger partial charge on any atom is 0.0723 e. The molecule has 2 aliphatic carbocycles. The topological polar surface area (TPSA) is 49.4 Å². The van der Waals surface area contributed by atoms with Crippen LogP contribution in [0.3, 0.4) is 0 Å². The van der Waals surface area contributed by atoms with Crippen molar-refractivity contribution < 1.29 is 0 Å². The Bertz CT molecular complexity index is 877. The zero-order valence-corrected chi connectivity index (χ0v) is 18.7. The van der Waals surface area contributed by atoms with E-state index < -0.39 is 0 Å². The quantitative estimate of drug-likeness (QED) is 0.521. The van der Waals surface area contributed by atoms with Gasteiger partial charge in [-0.1, -0.05) is 62.1 Å². The van der Waals surface area contributed by atoms with E-state index >= 15 is 0 Å². The van der Waals surface area contributed by atoms with E-state index in [1.54, 1.807) is 0 Å². The Labute approximate surface area is 191 Å². The molecule has 2 aromatic rings. The largest absolute Gasteiger partial charge is 0.287 e. The summed E-state index contributed by atoms with van der Waals surface area (Å²) >= 11 is 0. The summed E-state index contributed by atoms with van der Waals surface area (Å²) in [4.78, 5) is 19.9. The van der Waals surface area contributed by atoms with Crippen LogP contribution in [0.2, 0.25) is 0 Å². The Balaban J connectivity index is 1.51. The molecular weight excluding hydrogens is 392 g/mol. The fourth-order valence-corrected chi connectivity index (χ4v) is 5.05. The highest BCUT2D eigenvalue weighted by Crippen LogP contribution is 2.25. The van der Waals surface area contributed by atoms with Gasteiger partial charge in [0.05, 0.1) is 24.2 Å². The minimum atomic E-state index is 0.254. The lowest BCUT2D eigenvalue weighted by atomic mass is 9.91. The van der Waals surface area contributed by atoms with Crippen LogP contribution in [0.5, 0.6) is 0 Å². The Morgan fingerprint density at radius 2 is 0.719 bits per heavy atom. The fourth-order valence-electron chi connectivity index (χ4n) is 5.05. The average molecular weight is 425 g/mol. The number of hydrogen-bond donors (Lipinski definition) is 0. The van der Waals surface area contributed by atoms with Crippen molar-refractivity contribution in [3.05, 3.63) is 70.8 Å². The minimum absolute atomic E-state index is 0.254. The van der Waals surface area contributed by atoms with Gasteiger partial charge < -0.3 is 0 Å². The van der Waals surface area contributed by atoms with Gasteiger partial charge in [-0.3, -0.25) is 20.0 Å². The van der Waals surface area contributed by atoms with Crippen molar-refractivity contribution in [2.45, 2.75) is 75.5 Å². The van der Waals surface area contributed by atoms with Crippen molar-refractivity contribution in [2.75, 3.05) is 0 Å². The molecule has 4 atom stereocenters. The van der Waals surface area contributed by atoms with Crippen LogP contribution in [0.4, 0.5) is 0 Å². The summed E-state index contributed by atoms with van der Waals surface area (Å²) < 4.78 is 0. The normalized spacial score (nSPS) is 27.8. The van der Waals surface area contributed by atoms with Crippen molar-refractivity contribution in [3.63, 3.8) is 0 Å². The number of hydrogen-bond acceptors (Lipinski definition) is 4. The highest BCUT2D eigenvalue weighted by atomic mass is 14.9. The standard InChI is InChI=1S/C28H32N4/c1-2-12-26-25(11-1)29-17-21-7-5-9-23(15-21)19-31-27-13-3-4-14-28(27)32-20-24-10-6-8-22(16-24)18-30-26/h5-10,15-20,25-28H,1-4,11-14H2/t25-,26-,27-,28-/m1/s1. The van der Waals surface area contributed by atoms with Crippen molar-refractivity contribution >= 4 is 24.9 Å². The lowest BCUT2D eigenvalue weighted by molar-refractivity contribution is 0.390. The lowest BCUT2D eigenvalue weighted by Gasteiger charge is -2.26. The number of nitrogens with zero attached hydrogens (tertiary/aromatic N) is 4. The second kappa shape index (κ2) is 10.2. The monoisotopic (exact) mass is 424 g/mol. The second-order valence-corrected chi connectivity index (χ2v) is 9.29. The Hall–Kier alpha value is -2.88. The second-order valence-electron chi connectivity index (χ2n) is 9.29. The molecule has 1 heterocycles. The summed E-state index contributed by atoms with van der Waals surface area (Å²) in [6, 6.07) is 18.1. The summed E-state index contributed by atoms with van der Waals surface area (Å²) in [6.45, 7) is 0. The van der Waals surface area contributed by atoms with Gasteiger partial charge in [0.25, 0.3) is 0 Å². The molecule has 0 aromatic heterocycles. The molecule has 0 N–H and O–H groups in total. The molecule has 2 fully saturated rings. The summed E-state index contributed by atoms with van der Waals surface area (Å²) in [5, 5.41) is 0. The van der Waals surface area contributed by atoms with Crippen LogP contribution >= 0.6 is 0 Å². The van der Waals surface area contributed by atoms with Gasteiger partial charge in [-0.05, 0) is 60.1 Å². The number of benzene rings is 2. The Kier molecular flexibility index (Phi) is 6.66. The van der Waals surface area contributed by atoms with Crippen LogP contribution in [0, 0.1) is 0 Å². The molecule has 4 nitrogen and oxygen atoms in total. The number of fused-ring (bicyclic) bond motifs is 6. The minimum Gasteiger partial charge on any atom is -0.287 e. The fraction of sp³-hybridized carbons (Fsp3) is 0.429. The molecule has 164 valence electrons. The first kappa shape index (κ1) is 21.0. The first-order chi connectivity index (χ1) is 15.8. The molecule has 0 unspecified atom stereocenters. The van der Waals surface area contributed by atoms with Gasteiger partial charge in [-0.15, -0.1) is 0 Å². The van der Waals surface area contributed by atoms with Crippen LogP contribution in [0.25, 0.3) is 0 Å². The third-order valence-electron chi connectivity index (χ3n) is 6.87. The summed E-state index contributed by atoms with van der Waals surface area (Å²) in [7, 11) is 0. The SMILES string of the molecule is C1=N[C@@H]2CCCC[C@H]2N=Cc2cccc(c2)C=N[C@@H]2CCCC[C@H]2N=Cc2cccc1c2. The van der Waals surface area contributed by atoms with E-state index in [2.05, 4.69) is 48.5 Å². The van der Waals surface area contributed by atoms with Crippen molar-refractivity contribution in [2.24, 2.45) is 20.0 Å². The Morgan fingerprint density at radius 3 is 1.00 bits per heavy atom. The van der Waals surface area contributed by atoms with Gasteiger partial charge in [-0.25, -0.2) is 0 Å². The highest BCUT2D eigenvalue weighted by Gasteiger charge is 2.24. The van der Waals surface area contributed by atoms with Crippen LogP contribution in [-0.2, 0) is 0 Å². The van der Waals surface area contributed by atoms with E-state index in [-0.39, 0.29) is 24.2 Å². The first-order valence-corrected chi connectivity index (χ1v) is 12.2. The smallest absolute Gasteiger partial charge is 0.0723 e. The van der Waals surface area contributed by atoms with Gasteiger partial charge >= 0.3 is 0 Å². The molecule has 1 aliphatic heterocycles. The maximum atomic E-state index is 4.97. The third kappa shape index (κ3) is 5.29. The van der Waals surface area contributed by atoms with Crippen molar-refractivity contribution in [1.29, 1.82) is 0 Å². The Morgan fingerprint density at radius 1 is 0.438 bits per heavy atom. The molecule has 0 radical (unpaired) electrons. The third-order valence-corrected chi connectivity index (χ3v) is 6.87. The van der Waals surface area contributed by atoms with E-state index in [1.165, 1.54) is 25.7 Å². The first-order valence-electron chi connectivity index (χ1n) is 12.2. The predicted octanol–water partition coefficient (Wildman–Crippen LogP) is 5.70. The summed E-state index contributed by atoms with van der Waals surface area (Å²) in [5.41, 5.74) is 4.53. The van der Waals surface area contributed by atoms with Crippen LogP contribution in [-0.4, -0.2) is 49.0 Å². The predicted molar refractivity (Wildman–Crippen MR) is 135 cm³/mol. The molecule has 0 spiro atoms. The van der Waals surface area contributed by atoms with Gasteiger partial charge in [0.15, 0.2) is 0 Å². The number of rotatable bonds is 0. The molecule has 4 bridgehead atoms. The van der Waals surface area contributed by atoms with E-state index in [4.69, 9.17) is 20.0 Å². The van der Waals surface area contributed by atoms with E-state index in [9.17, 15) is 0 Å². The lowest BCUT2D eigenvalue weighted by Crippen LogP contribution is -2.27. The average Bonchev–Trinajstić information content (AvgIpc) is 2.85. The zero-order valence-electron chi connectivity index (χ0n) is 18.7. The summed E-state index contributed by atoms with van der Waals surface area (Å²) in [6.07, 6.45) is 17.5. The molecular formula is C28H32N4. The molecule has 4 heteroatoms. The van der Waals surface area contributed by atoms with E-state index in [1.807, 2.05) is 24.9 Å². The van der Waals surface area contributed by atoms with E-state index in [0.29, 0.717) is 0 Å². The van der Waals surface area contributed by atoms with E-state index in [0.717, 1.165) is 47.9 Å². The molecule has 0 saturated heterocycles. The summed E-state index contributed by atoms with van der Waals surface area (Å²) in [5.74, 6) is 0. The van der Waals surface area contributed by atoms with Gasteiger partial charge in [0.2, 0.25) is 0 Å². The molecule has 3 aliphatic rings. The van der Waals surface area contributed by atoms with Gasteiger partial charge in [0, 0.05) is 24.9 Å². The highest BCUT2D eigenvalue weighted by molar-refractivity contribution is 5.87. The zero-order chi connectivity index (χ0) is 21.6. The molecule has 2 aromatic carbocycles. The molecule has 0 amide bonds.